The second-order valence-electron chi connectivity index (χ2n) is 3.76. The lowest BCUT2D eigenvalue weighted by atomic mass is 9.83. The minimum Gasteiger partial charge on any atom is -0.328 e. The predicted molar refractivity (Wildman–Crippen MR) is 52.6 cm³/mol. The molecule has 2 atom stereocenters. The van der Waals surface area contributed by atoms with Gasteiger partial charge in [0.05, 0.1) is 0 Å². The van der Waals surface area contributed by atoms with Gasteiger partial charge in [0.1, 0.15) is 0 Å². The summed E-state index contributed by atoms with van der Waals surface area (Å²) in [7, 11) is 0. The highest BCUT2D eigenvalue weighted by Crippen LogP contribution is 2.26. The van der Waals surface area contributed by atoms with Gasteiger partial charge in [-0.2, -0.15) is 0 Å². The van der Waals surface area contributed by atoms with E-state index in [4.69, 9.17) is 5.73 Å². The number of rotatable bonds is 2. The molecule has 2 unspecified atom stereocenters. The molecule has 1 aliphatic rings. The SMILES string of the molecule is CC#CCCC1CCCC(N)C1. The van der Waals surface area contributed by atoms with Gasteiger partial charge in [-0.15, -0.1) is 11.8 Å². The summed E-state index contributed by atoms with van der Waals surface area (Å²) in [6.45, 7) is 1.91. The molecule has 1 aliphatic carbocycles. The molecule has 1 nitrogen and oxygen atoms in total. The van der Waals surface area contributed by atoms with Gasteiger partial charge in [0.15, 0.2) is 0 Å². The summed E-state index contributed by atoms with van der Waals surface area (Å²) >= 11 is 0. The van der Waals surface area contributed by atoms with Gasteiger partial charge in [0.25, 0.3) is 0 Å². The Balaban J connectivity index is 2.17. The van der Waals surface area contributed by atoms with Crippen molar-refractivity contribution in [2.45, 2.75) is 51.5 Å². The lowest BCUT2D eigenvalue weighted by molar-refractivity contribution is 0.309. The summed E-state index contributed by atoms with van der Waals surface area (Å²) in [5.74, 6) is 6.91. The molecule has 0 radical (unpaired) electrons. The zero-order chi connectivity index (χ0) is 8.81. The summed E-state index contributed by atoms with van der Waals surface area (Å²) in [5.41, 5.74) is 5.89. The van der Waals surface area contributed by atoms with Crippen LogP contribution in [0.3, 0.4) is 0 Å². The molecule has 68 valence electrons. The summed E-state index contributed by atoms with van der Waals surface area (Å²) in [4.78, 5) is 0. The fourth-order valence-corrected chi connectivity index (χ4v) is 2.00. The number of nitrogens with two attached hydrogens (primary N) is 1. The van der Waals surface area contributed by atoms with Crippen molar-refractivity contribution in [2.75, 3.05) is 0 Å². The minimum atomic E-state index is 0.471. The molecular formula is C11H19N. The third-order valence-corrected chi connectivity index (χ3v) is 2.68. The van der Waals surface area contributed by atoms with Gasteiger partial charge in [0, 0.05) is 12.5 Å². The predicted octanol–water partition coefficient (Wildman–Crippen LogP) is 2.31. The molecule has 0 saturated heterocycles. The van der Waals surface area contributed by atoms with Crippen LogP contribution in [0.15, 0.2) is 0 Å². The van der Waals surface area contributed by atoms with Crippen LogP contribution < -0.4 is 5.73 Å². The maximum atomic E-state index is 5.89. The minimum absolute atomic E-state index is 0.471. The monoisotopic (exact) mass is 165 g/mol. The van der Waals surface area contributed by atoms with Crippen LogP contribution in [0, 0.1) is 17.8 Å². The Bertz CT molecular complexity index is 175. The maximum absolute atomic E-state index is 5.89. The number of hydrogen-bond acceptors (Lipinski definition) is 1. The van der Waals surface area contributed by atoms with Crippen molar-refractivity contribution in [3.05, 3.63) is 0 Å². The molecule has 0 aliphatic heterocycles. The highest BCUT2D eigenvalue weighted by Gasteiger charge is 2.17. The van der Waals surface area contributed by atoms with E-state index in [-0.39, 0.29) is 0 Å². The average Bonchev–Trinajstić information content (AvgIpc) is 2.05. The first-order valence-corrected chi connectivity index (χ1v) is 4.98. The zero-order valence-electron chi connectivity index (χ0n) is 7.97. The molecule has 0 aromatic carbocycles. The van der Waals surface area contributed by atoms with Gasteiger partial charge in [0.2, 0.25) is 0 Å². The maximum Gasteiger partial charge on any atom is 0.00912 e. The molecule has 2 N–H and O–H groups in total. The van der Waals surface area contributed by atoms with E-state index in [0.717, 1.165) is 12.3 Å². The third kappa shape index (κ3) is 3.28. The van der Waals surface area contributed by atoms with Crippen LogP contribution in [0.1, 0.15) is 45.4 Å². The standard InChI is InChI=1S/C11H19N/c1-2-3-4-6-10-7-5-8-11(12)9-10/h10-11H,4-9,12H2,1H3. The molecule has 1 heteroatoms. The van der Waals surface area contributed by atoms with Gasteiger partial charge in [-0.1, -0.05) is 12.8 Å². The van der Waals surface area contributed by atoms with Crippen LogP contribution in [0.25, 0.3) is 0 Å². The molecule has 0 aromatic heterocycles. The fraction of sp³-hybridized carbons (Fsp3) is 0.818. The van der Waals surface area contributed by atoms with Crippen molar-refractivity contribution in [3.63, 3.8) is 0 Å². The van der Waals surface area contributed by atoms with Crippen LogP contribution >= 0.6 is 0 Å². The van der Waals surface area contributed by atoms with Gasteiger partial charge in [-0.05, 0) is 32.1 Å². The second kappa shape index (κ2) is 5.22. The molecule has 0 bridgehead atoms. The van der Waals surface area contributed by atoms with Crippen molar-refractivity contribution in [1.29, 1.82) is 0 Å². The van der Waals surface area contributed by atoms with Gasteiger partial charge < -0.3 is 5.73 Å². The first-order valence-electron chi connectivity index (χ1n) is 4.98. The third-order valence-electron chi connectivity index (χ3n) is 2.68. The summed E-state index contributed by atoms with van der Waals surface area (Å²) in [6.07, 6.45) is 7.48. The molecular weight excluding hydrogens is 146 g/mol. The summed E-state index contributed by atoms with van der Waals surface area (Å²) in [6, 6.07) is 0.471. The largest absolute Gasteiger partial charge is 0.328 e. The average molecular weight is 165 g/mol. The van der Waals surface area contributed by atoms with Crippen LogP contribution in [0.5, 0.6) is 0 Å². The van der Waals surface area contributed by atoms with Crippen LogP contribution in [-0.4, -0.2) is 6.04 Å². The van der Waals surface area contributed by atoms with Gasteiger partial charge in [-0.25, -0.2) is 0 Å². The summed E-state index contributed by atoms with van der Waals surface area (Å²) < 4.78 is 0. The Morgan fingerprint density at radius 1 is 1.42 bits per heavy atom. The molecule has 0 spiro atoms. The summed E-state index contributed by atoms with van der Waals surface area (Å²) in [5, 5.41) is 0. The molecule has 1 fully saturated rings. The van der Waals surface area contributed by atoms with Crippen molar-refractivity contribution in [3.8, 4) is 11.8 Å². The number of hydrogen-bond donors (Lipinski definition) is 1. The van der Waals surface area contributed by atoms with E-state index < -0.39 is 0 Å². The van der Waals surface area contributed by atoms with Gasteiger partial charge in [-0.3, -0.25) is 0 Å². The Labute approximate surface area is 75.7 Å². The highest BCUT2D eigenvalue weighted by atomic mass is 14.6. The van der Waals surface area contributed by atoms with E-state index in [1.807, 2.05) is 6.92 Å². The van der Waals surface area contributed by atoms with E-state index in [1.165, 1.54) is 32.1 Å². The van der Waals surface area contributed by atoms with E-state index in [9.17, 15) is 0 Å². The molecule has 1 rings (SSSR count). The van der Waals surface area contributed by atoms with Crippen LogP contribution in [-0.2, 0) is 0 Å². The van der Waals surface area contributed by atoms with Crippen LogP contribution in [0.4, 0.5) is 0 Å². The Morgan fingerprint density at radius 3 is 2.92 bits per heavy atom. The van der Waals surface area contributed by atoms with Crippen molar-refractivity contribution < 1.29 is 0 Å². The Kier molecular flexibility index (Phi) is 4.18. The lowest BCUT2D eigenvalue weighted by Gasteiger charge is -2.25. The fourth-order valence-electron chi connectivity index (χ4n) is 2.00. The van der Waals surface area contributed by atoms with E-state index in [2.05, 4.69) is 11.8 Å². The first kappa shape index (κ1) is 9.61. The first-order chi connectivity index (χ1) is 5.83. The quantitative estimate of drug-likeness (QED) is 0.624. The van der Waals surface area contributed by atoms with E-state index in [0.29, 0.717) is 6.04 Å². The van der Waals surface area contributed by atoms with E-state index in [1.54, 1.807) is 0 Å². The molecule has 12 heavy (non-hydrogen) atoms. The normalized spacial score (nSPS) is 29.2. The van der Waals surface area contributed by atoms with Gasteiger partial charge >= 0.3 is 0 Å². The molecule has 0 heterocycles. The Hall–Kier alpha value is -0.480. The molecule has 1 saturated carbocycles. The lowest BCUT2D eigenvalue weighted by Crippen LogP contribution is -2.27. The highest BCUT2D eigenvalue weighted by molar-refractivity contribution is 4.95. The van der Waals surface area contributed by atoms with Crippen molar-refractivity contribution >= 4 is 0 Å². The molecule has 0 aromatic rings. The zero-order valence-corrected chi connectivity index (χ0v) is 7.97. The second-order valence-corrected chi connectivity index (χ2v) is 3.76. The van der Waals surface area contributed by atoms with Crippen molar-refractivity contribution in [1.82, 2.24) is 0 Å². The van der Waals surface area contributed by atoms with Crippen molar-refractivity contribution in [2.24, 2.45) is 11.7 Å². The van der Waals surface area contributed by atoms with E-state index >= 15 is 0 Å². The molecule has 0 amide bonds. The Morgan fingerprint density at radius 2 is 2.25 bits per heavy atom. The smallest absolute Gasteiger partial charge is 0.00912 e. The van der Waals surface area contributed by atoms with Crippen LogP contribution in [0.2, 0.25) is 0 Å². The topological polar surface area (TPSA) is 26.0 Å².